The van der Waals surface area contributed by atoms with Crippen molar-refractivity contribution in [1.29, 1.82) is 0 Å². The molecule has 0 saturated carbocycles. The van der Waals surface area contributed by atoms with E-state index in [0.29, 0.717) is 0 Å². The van der Waals surface area contributed by atoms with Gasteiger partial charge in [-0.15, -0.1) is 24.0 Å². The molecule has 1 aliphatic rings. The zero-order valence-corrected chi connectivity index (χ0v) is 21.3. The van der Waals surface area contributed by atoms with Gasteiger partial charge >= 0.3 is 0 Å². The number of likely N-dealkylation sites (tertiary alicyclic amines) is 1. The van der Waals surface area contributed by atoms with Crippen molar-refractivity contribution >= 4 is 29.9 Å². The first-order chi connectivity index (χ1) is 14.6. The molecule has 1 aliphatic heterocycles. The number of aliphatic imine (C=N–C) groups is 1. The third-order valence-corrected chi connectivity index (χ3v) is 5.58. The van der Waals surface area contributed by atoms with Gasteiger partial charge in [0.15, 0.2) is 5.96 Å². The van der Waals surface area contributed by atoms with Crippen LogP contribution in [-0.4, -0.2) is 69.8 Å². The Morgan fingerprint density at radius 2 is 1.71 bits per heavy atom. The molecule has 0 amide bonds. The zero-order chi connectivity index (χ0) is 21.3. The maximum Gasteiger partial charge on any atom is 0.193 e. The Morgan fingerprint density at radius 1 is 1.06 bits per heavy atom. The number of guanidine groups is 1. The van der Waals surface area contributed by atoms with E-state index in [1.54, 1.807) is 7.11 Å². The van der Waals surface area contributed by atoms with E-state index in [0.717, 1.165) is 49.9 Å². The van der Waals surface area contributed by atoms with Crippen LogP contribution < -0.4 is 14.8 Å². The molecular formula is C24H35IN4O2. The van der Waals surface area contributed by atoms with E-state index in [1.165, 1.54) is 5.56 Å². The first-order valence-corrected chi connectivity index (χ1v) is 10.6. The maximum absolute atomic E-state index is 6.12. The van der Waals surface area contributed by atoms with Gasteiger partial charge in [0.25, 0.3) is 0 Å². The van der Waals surface area contributed by atoms with Crippen LogP contribution in [0.25, 0.3) is 0 Å². The highest BCUT2D eigenvalue weighted by Crippen LogP contribution is 2.22. The fraction of sp³-hybridized carbons (Fsp3) is 0.458. The average Bonchev–Trinajstić information content (AvgIpc) is 2.78. The fourth-order valence-corrected chi connectivity index (χ4v) is 3.82. The number of benzene rings is 2. The number of likely N-dealkylation sites (N-methyl/N-ethyl adjacent to an activating group) is 1. The molecule has 0 aliphatic carbocycles. The number of para-hydroxylation sites is 1. The average molecular weight is 538 g/mol. The number of hydrogen-bond donors (Lipinski definition) is 1. The van der Waals surface area contributed by atoms with Crippen LogP contribution in [0.15, 0.2) is 59.6 Å². The van der Waals surface area contributed by atoms with Gasteiger partial charge in [-0.05, 0) is 43.9 Å². The van der Waals surface area contributed by atoms with Crippen LogP contribution in [0, 0.1) is 0 Å². The SMILES string of the molecule is CN=C(NCC(c1ccc(OC)cc1)N(C)C)N1CCC(Oc2ccccc2)CC1.I. The molecule has 0 bridgehead atoms. The predicted molar refractivity (Wildman–Crippen MR) is 138 cm³/mol. The predicted octanol–water partition coefficient (Wildman–Crippen LogP) is 4.03. The summed E-state index contributed by atoms with van der Waals surface area (Å²) in [7, 11) is 7.75. The van der Waals surface area contributed by atoms with Crippen LogP contribution in [0.5, 0.6) is 11.5 Å². The number of hydrogen-bond acceptors (Lipinski definition) is 4. The van der Waals surface area contributed by atoms with Crippen molar-refractivity contribution in [3.8, 4) is 11.5 Å². The second kappa shape index (κ2) is 12.8. The molecule has 6 nitrogen and oxygen atoms in total. The molecule has 0 aromatic heterocycles. The summed E-state index contributed by atoms with van der Waals surface area (Å²) >= 11 is 0. The smallest absolute Gasteiger partial charge is 0.193 e. The van der Waals surface area contributed by atoms with Gasteiger partial charge < -0.3 is 24.6 Å². The molecule has 0 spiro atoms. The number of rotatable bonds is 7. The van der Waals surface area contributed by atoms with E-state index in [4.69, 9.17) is 9.47 Å². The summed E-state index contributed by atoms with van der Waals surface area (Å²) in [5, 5.41) is 3.57. The lowest BCUT2D eigenvalue weighted by atomic mass is 10.1. The largest absolute Gasteiger partial charge is 0.497 e. The minimum Gasteiger partial charge on any atom is -0.497 e. The van der Waals surface area contributed by atoms with Crippen molar-refractivity contribution in [2.45, 2.75) is 25.0 Å². The lowest BCUT2D eigenvalue weighted by Crippen LogP contribution is -2.49. The lowest BCUT2D eigenvalue weighted by molar-refractivity contribution is 0.129. The van der Waals surface area contributed by atoms with Crippen molar-refractivity contribution in [1.82, 2.24) is 15.1 Å². The Labute approximate surface area is 203 Å². The Hall–Kier alpha value is -2.00. The van der Waals surface area contributed by atoms with E-state index in [1.807, 2.05) is 49.5 Å². The second-order valence-electron chi connectivity index (χ2n) is 7.80. The van der Waals surface area contributed by atoms with E-state index in [-0.39, 0.29) is 36.1 Å². The molecule has 1 N–H and O–H groups in total. The van der Waals surface area contributed by atoms with Gasteiger partial charge in [0.05, 0.1) is 13.2 Å². The normalized spacial score (nSPS) is 15.9. The fourth-order valence-electron chi connectivity index (χ4n) is 3.82. The minimum absolute atomic E-state index is 0. The number of nitrogens with one attached hydrogen (secondary N) is 1. The highest BCUT2D eigenvalue weighted by Gasteiger charge is 2.23. The van der Waals surface area contributed by atoms with Crippen LogP contribution in [0.3, 0.4) is 0 Å². The van der Waals surface area contributed by atoms with Crippen LogP contribution >= 0.6 is 24.0 Å². The Morgan fingerprint density at radius 3 is 2.26 bits per heavy atom. The van der Waals surface area contributed by atoms with Gasteiger partial charge in [-0.1, -0.05) is 30.3 Å². The molecule has 1 unspecified atom stereocenters. The van der Waals surface area contributed by atoms with Crippen molar-refractivity contribution in [2.24, 2.45) is 4.99 Å². The number of halogens is 1. The molecule has 7 heteroatoms. The summed E-state index contributed by atoms with van der Waals surface area (Å²) in [5.41, 5.74) is 1.25. The second-order valence-corrected chi connectivity index (χ2v) is 7.80. The maximum atomic E-state index is 6.12. The van der Waals surface area contributed by atoms with E-state index in [2.05, 4.69) is 46.3 Å². The highest BCUT2D eigenvalue weighted by atomic mass is 127. The molecule has 1 fully saturated rings. The summed E-state index contributed by atoms with van der Waals surface area (Å²) in [6.45, 7) is 2.66. The molecule has 1 saturated heterocycles. The number of methoxy groups -OCH3 is 1. The molecule has 2 aromatic rings. The number of ether oxygens (including phenoxy) is 2. The van der Waals surface area contributed by atoms with Crippen LogP contribution in [0.2, 0.25) is 0 Å². The molecule has 0 radical (unpaired) electrons. The monoisotopic (exact) mass is 538 g/mol. The quantitative estimate of drug-likeness (QED) is 0.328. The van der Waals surface area contributed by atoms with Crippen molar-refractivity contribution in [3.63, 3.8) is 0 Å². The summed E-state index contributed by atoms with van der Waals surface area (Å²) in [6, 6.07) is 18.6. The zero-order valence-electron chi connectivity index (χ0n) is 19.0. The number of piperidine rings is 1. The molecule has 1 heterocycles. The molecule has 1 atom stereocenters. The molecule has 3 rings (SSSR count). The summed E-state index contributed by atoms with van der Waals surface area (Å²) in [6.07, 6.45) is 2.24. The van der Waals surface area contributed by atoms with Gasteiger partial charge in [-0.25, -0.2) is 0 Å². The van der Waals surface area contributed by atoms with E-state index in [9.17, 15) is 0 Å². The van der Waals surface area contributed by atoms with Crippen LogP contribution in [-0.2, 0) is 0 Å². The summed E-state index contributed by atoms with van der Waals surface area (Å²) in [4.78, 5) is 9.07. The third kappa shape index (κ3) is 7.28. The van der Waals surface area contributed by atoms with Crippen molar-refractivity contribution in [3.05, 3.63) is 60.2 Å². The topological polar surface area (TPSA) is 49.3 Å². The first-order valence-electron chi connectivity index (χ1n) is 10.6. The first kappa shape index (κ1) is 25.3. The van der Waals surface area contributed by atoms with Crippen molar-refractivity contribution < 1.29 is 9.47 Å². The van der Waals surface area contributed by atoms with E-state index < -0.39 is 0 Å². The lowest BCUT2D eigenvalue weighted by Gasteiger charge is -2.35. The Bertz CT molecular complexity index is 791. The molecule has 31 heavy (non-hydrogen) atoms. The van der Waals surface area contributed by atoms with Crippen LogP contribution in [0.4, 0.5) is 0 Å². The van der Waals surface area contributed by atoms with Gasteiger partial charge in [-0.2, -0.15) is 0 Å². The Kier molecular flexibility index (Phi) is 10.4. The number of nitrogens with zero attached hydrogens (tertiary/aromatic N) is 3. The molecule has 170 valence electrons. The van der Waals surface area contributed by atoms with Gasteiger partial charge in [0.2, 0.25) is 0 Å². The Balaban J connectivity index is 0.00000341. The highest BCUT2D eigenvalue weighted by molar-refractivity contribution is 14.0. The van der Waals surface area contributed by atoms with Gasteiger partial charge in [-0.3, -0.25) is 4.99 Å². The van der Waals surface area contributed by atoms with Crippen molar-refractivity contribution in [2.75, 3.05) is 47.9 Å². The van der Waals surface area contributed by atoms with Gasteiger partial charge in [0.1, 0.15) is 17.6 Å². The summed E-state index contributed by atoms with van der Waals surface area (Å²) < 4.78 is 11.4. The van der Waals surface area contributed by atoms with Gasteiger partial charge in [0, 0.05) is 39.5 Å². The summed E-state index contributed by atoms with van der Waals surface area (Å²) in [5.74, 6) is 2.78. The minimum atomic E-state index is 0. The van der Waals surface area contributed by atoms with Crippen LogP contribution in [0.1, 0.15) is 24.4 Å². The molecule has 2 aromatic carbocycles. The standard InChI is InChI=1S/C24H34N4O2.HI/c1-25-24(26-18-23(27(2)3)19-10-12-20(29-4)13-11-19)28-16-14-22(15-17-28)30-21-8-6-5-7-9-21;/h5-13,22-23H,14-18H2,1-4H3,(H,25,26);1H. The third-order valence-electron chi connectivity index (χ3n) is 5.58. The molecular weight excluding hydrogens is 503 g/mol. The van der Waals surface area contributed by atoms with E-state index >= 15 is 0 Å².